The highest BCUT2D eigenvalue weighted by molar-refractivity contribution is 7.92. The summed E-state index contributed by atoms with van der Waals surface area (Å²) in [4.78, 5) is 0.350. The molecule has 1 aliphatic rings. The summed E-state index contributed by atoms with van der Waals surface area (Å²) in [6, 6.07) is 5.25. The van der Waals surface area contributed by atoms with Crippen molar-refractivity contribution in [2.45, 2.75) is 23.5 Å². The van der Waals surface area contributed by atoms with Crippen molar-refractivity contribution in [3.8, 4) is 0 Å². The zero-order valence-corrected chi connectivity index (χ0v) is 8.14. The highest BCUT2D eigenvalue weighted by atomic mass is 32.2. The first-order chi connectivity index (χ1) is 6.03. The van der Waals surface area contributed by atoms with Crippen LogP contribution in [-0.4, -0.2) is 13.7 Å². The first kappa shape index (κ1) is 8.56. The fraction of sp³-hybridized carbons (Fsp3) is 0.333. The van der Waals surface area contributed by atoms with E-state index in [9.17, 15) is 8.42 Å². The lowest BCUT2D eigenvalue weighted by Crippen LogP contribution is -2.12. The topological polar surface area (TPSA) is 60.2 Å². The Hall–Kier alpha value is -1.03. The van der Waals surface area contributed by atoms with Crippen molar-refractivity contribution in [1.29, 1.82) is 0 Å². The van der Waals surface area contributed by atoms with Crippen molar-refractivity contribution in [2.75, 3.05) is 5.73 Å². The molecular weight excluding hydrogens is 186 g/mol. The number of anilines is 1. The first-order valence-electron chi connectivity index (χ1n) is 4.15. The Morgan fingerprint density at radius 3 is 2.77 bits per heavy atom. The summed E-state index contributed by atoms with van der Waals surface area (Å²) in [5.74, 6) is 0. The van der Waals surface area contributed by atoms with Crippen molar-refractivity contribution >= 4 is 15.5 Å². The highest BCUT2D eigenvalue weighted by Gasteiger charge is 2.35. The van der Waals surface area contributed by atoms with E-state index in [1.807, 2.05) is 6.07 Å². The average Bonchev–Trinajstić information content (AvgIpc) is 2.24. The third-order valence-corrected chi connectivity index (χ3v) is 4.74. The van der Waals surface area contributed by atoms with Crippen molar-refractivity contribution in [3.05, 3.63) is 23.8 Å². The fourth-order valence-electron chi connectivity index (χ4n) is 1.73. The number of benzene rings is 1. The number of nitrogen functional groups attached to an aromatic ring is 1. The molecule has 0 radical (unpaired) electrons. The van der Waals surface area contributed by atoms with E-state index in [0.717, 1.165) is 5.56 Å². The number of fused-ring (bicyclic) bond motifs is 1. The van der Waals surface area contributed by atoms with Crippen molar-refractivity contribution in [2.24, 2.45) is 0 Å². The quantitative estimate of drug-likeness (QED) is 0.631. The molecule has 1 heterocycles. The van der Waals surface area contributed by atoms with Gasteiger partial charge >= 0.3 is 0 Å². The highest BCUT2D eigenvalue weighted by Crippen LogP contribution is 2.34. The molecule has 0 fully saturated rings. The van der Waals surface area contributed by atoms with Gasteiger partial charge in [-0.1, -0.05) is 12.1 Å². The smallest absolute Gasteiger partial charge is 0.183 e. The van der Waals surface area contributed by atoms with Gasteiger partial charge in [0, 0.05) is 0 Å². The minimum Gasteiger partial charge on any atom is -0.398 e. The van der Waals surface area contributed by atoms with Gasteiger partial charge in [0.25, 0.3) is 0 Å². The van der Waals surface area contributed by atoms with E-state index in [0.29, 0.717) is 17.0 Å². The number of rotatable bonds is 0. The minimum absolute atomic E-state index is 0.327. The molecule has 0 amide bonds. The minimum atomic E-state index is -3.14. The van der Waals surface area contributed by atoms with Crippen molar-refractivity contribution < 1.29 is 8.42 Å². The van der Waals surface area contributed by atoms with Gasteiger partial charge < -0.3 is 5.73 Å². The van der Waals surface area contributed by atoms with Gasteiger partial charge in [-0.2, -0.15) is 0 Å². The van der Waals surface area contributed by atoms with Gasteiger partial charge in [0.05, 0.1) is 15.8 Å². The second-order valence-electron chi connectivity index (χ2n) is 3.40. The molecule has 1 atom stereocenters. The number of nitrogens with two attached hydrogens (primary N) is 1. The number of hydrogen-bond donors (Lipinski definition) is 1. The predicted octanol–water partition coefficient (Wildman–Crippen LogP) is 0.987. The van der Waals surface area contributed by atoms with Gasteiger partial charge in [-0.05, 0) is 25.0 Å². The lowest BCUT2D eigenvalue weighted by molar-refractivity contribution is 0.591. The van der Waals surface area contributed by atoms with Crippen LogP contribution in [0.1, 0.15) is 12.5 Å². The lowest BCUT2D eigenvalue weighted by Gasteiger charge is -2.03. The summed E-state index contributed by atoms with van der Waals surface area (Å²) in [7, 11) is -3.14. The average molecular weight is 197 g/mol. The molecule has 0 saturated heterocycles. The molecule has 4 heteroatoms. The van der Waals surface area contributed by atoms with Gasteiger partial charge in [-0.25, -0.2) is 8.42 Å². The Morgan fingerprint density at radius 2 is 2.15 bits per heavy atom. The Balaban J connectivity index is 2.78. The zero-order valence-electron chi connectivity index (χ0n) is 7.32. The van der Waals surface area contributed by atoms with Crippen LogP contribution >= 0.6 is 0 Å². The molecule has 1 aromatic carbocycles. The summed E-state index contributed by atoms with van der Waals surface area (Å²) < 4.78 is 23.4. The molecule has 2 rings (SSSR count). The molecule has 0 aromatic heterocycles. The van der Waals surface area contributed by atoms with E-state index >= 15 is 0 Å². The predicted molar refractivity (Wildman–Crippen MR) is 51.2 cm³/mol. The Morgan fingerprint density at radius 1 is 1.46 bits per heavy atom. The van der Waals surface area contributed by atoms with Crippen LogP contribution in [0.15, 0.2) is 23.1 Å². The standard InChI is InChI=1S/C9H11NO2S/c1-6-5-7-3-2-4-8(10)9(7)13(6,11)12/h2-4,6H,5,10H2,1H3. The summed E-state index contributed by atoms with van der Waals surface area (Å²) in [5, 5.41) is -0.327. The Bertz CT molecular complexity index is 451. The van der Waals surface area contributed by atoms with Gasteiger partial charge in [-0.3, -0.25) is 0 Å². The van der Waals surface area contributed by atoms with E-state index in [2.05, 4.69) is 0 Å². The van der Waals surface area contributed by atoms with E-state index in [4.69, 9.17) is 5.73 Å². The molecule has 3 nitrogen and oxygen atoms in total. The van der Waals surface area contributed by atoms with Gasteiger partial charge in [0.2, 0.25) is 0 Å². The van der Waals surface area contributed by atoms with E-state index in [1.54, 1.807) is 19.1 Å². The zero-order chi connectivity index (χ0) is 9.64. The van der Waals surface area contributed by atoms with Gasteiger partial charge in [0.15, 0.2) is 9.84 Å². The number of sulfone groups is 1. The lowest BCUT2D eigenvalue weighted by atomic mass is 10.1. The molecule has 13 heavy (non-hydrogen) atoms. The molecule has 0 aliphatic carbocycles. The second-order valence-corrected chi connectivity index (χ2v) is 5.70. The Kier molecular flexibility index (Phi) is 1.63. The van der Waals surface area contributed by atoms with Gasteiger partial charge in [0.1, 0.15) is 0 Å². The second kappa shape index (κ2) is 2.48. The van der Waals surface area contributed by atoms with E-state index in [1.165, 1.54) is 0 Å². The molecule has 0 bridgehead atoms. The summed E-state index contributed by atoms with van der Waals surface area (Å²) >= 11 is 0. The van der Waals surface area contributed by atoms with Gasteiger partial charge in [-0.15, -0.1) is 0 Å². The molecule has 0 spiro atoms. The number of hydrogen-bond acceptors (Lipinski definition) is 3. The van der Waals surface area contributed by atoms with E-state index in [-0.39, 0.29) is 5.25 Å². The first-order valence-corrected chi connectivity index (χ1v) is 5.69. The Labute approximate surface area is 77.5 Å². The molecular formula is C9H11NO2S. The molecule has 2 N–H and O–H groups in total. The molecule has 1 unspecified atom stereocenters. The van der Waals surface area contributed by atoms with Crippen LogP contribution in [0.4, 0.5) is 5.69 Å². The molecule has 0 saturated carbocycles. The molecule has 1 aromatic rings. The summed E-state index contributed by atoms with van der Waals surface area (Å²) in [6.07, 6.45) is 0.586. The van der Waals surface area contributed by atoms with Crippen LogP contribution in [0, 0.1) is 0 Å². The normalized spacial score (nSPS) is 24.2. The summed E-state index contributed by atoms with van der Waals surface area (Å²) in [6.45, 7) is 1.72. The third-order valence-electron chi connectivity index (χ3n) is 2.45. The van der Waals surface area contributed by atoms with Crippen LogP contribution in [0.2, 0.25) is 0 Å². The maximum absolute atomic E-state index is 11.7. The van der Waals surface area contributed by atoms with Crippen molar-refractivity contribution in [1.82, 2.24) is 0 Å². The molecule has 70 valence electrons. The van der Waals surface area contributed by atoms with Crippen LogP contribution in [0.3, 0.4) is 0 Å². The van der Waals surface area contributed by atoms with E-state index < -0.39 is 9.84 Å². The maximum atomic E-state index is 11.7. The maximum Gasteiger partial charge on any atom is 0.183 e. The van der Waals surface area contributed by atoms with Crippen LogP contribution in [-0.2, 0) is 16.3 Å². The largest absolute Gasteiger partial charge is 0.398 e. The van der Waals surface area contributed by atoms with Crippen LogP contribution in [0.5, 0.6) is 0 Å². The SMILES string of the molecule is CC1Cc2cccc(N)c2S1(=O)=O. The third kappa shape index (κ3) is 1.05. The fourth-order valence-corrected chi connectivity index (χ4v) is 3.45. The van der Waals surface area contributed by atoms with Crippen LogP contribution in [0.25, 0.3) is 0 Å². The monoisotopic (exact) mass is 197 g/mol. The van der Waals surface area contributed by atoms with Crippen molar-refractivity contribution in [3.63, 3.8) is 0 Å². The molecule has 1 aliphatic heterocycles. The summed E-state index contributed by atoms with van der Waals surface area (Å²) in [5.41, 5.74) is 6.86. The van der Waals surface area contributed by atoms with Crippen LogP contribution < -0.4 is 5.73 Å².